The average molecular weight is 236 g/mol. The molecule has 1 aromatic carbocycles. The van der Waals surface area contributed by atoms with Gasteiger partial charge in [-0.05, 0) is 38.1 Å². The molecule has 1 rings (SSSR count). The highest BCUT2D eigenvalue weighted by molar-refractivity contribution is 5.83. The predicted molar refractivity (Wildman–Crippen MR) is 68.3 cm³/mol. The van der Waals surface area contributed by atoms with Crippen LogP contribution in [0.15, 0.2) is 12.1 Å². The summed E-state index contributed by atoms with van der Waals surface area (Å²) in [5, 5.41) is 5.64. The van der Waals surface area contributed by atoms with E-state index in [-0.39, 0.29) is 5.91 Å². The minimum Gasteiger partial charge on any atom is -0.496 e. The Kier molecular flexibility index (Phi) is 4.52. The minimum absolute atomic E-state index is 0.0750. The van der Waals surface area contributed by atoms with E-state index in [1.165, 1.54) is 0 Å². The standard InChI is InChI=1S/C13H20N2O2/c1-8-6-10(11(17-5)7-9(8)2)12(14-3)13(16)15-4/h6-7,12,14H,1-5H3,(H,15,16). The summed E-state index contributed by atoms with van der Waals surface area (Å²) in [5.41, 5.74) is 3.15. The molecule has 4 nitrogen and oxygen atoms in total. The van der Waals surface area contributed by atoms with Crippen LogP contribution in [0, 0.1) is 13.8 Å². The van der Waals surface area contributed by atoms with Crippen LogP contribution in [0.25, 0.3) is 0 Å². The van der Waals surface area contributed by atoms with Gasteiger partial charge in [0.25, 0.3) is 0 Å². The van der Waals surface area contributed by atoms with E-state index in [0.29, 0.717) is 0 Å². The van der Waals surface area contributed by atoms with Crippen molar-refractivity contribution in [1.29, 1.82) is 0 Å². The molecule has 1 atom stereocenters. The summed E-state index contributed by atoms with van der Waals surface area (Å²) in [7, 11) is 5.00. The zero-order valence-corrected chi connectivity index (χ0v) is 11.0. The highest BCUT2D eigenvalue weighted by Gasteiger charge is 2.21. The third kappa shape index (κ3) is 2.77. The average Bonchev–Trinajstić information content (AvgIpc) is 2.33. The molecule has 0 aliphatic carbocycles. The molecule has 1 unspecified atom stereocenters. The Balaban J connectivity index is 3.27. The maximum atomic E-state index is 11.8. The molecule has 0 fully saturated rings. The van der Waals surface area contributed by atoms with Crippen molar-refractivity contribution in [3.8, 4) is 5.75 Å². The Hall–Kier alpha value is -1.55. The maximum Gasteiger partial charge on any atom is 0.241 e. The second-order valence-corrected chi connectivity index (χ2v) is 4.01. The van der Waals surface area contributed by atoms with Crippen LogP contribution < -0.4 is 15.4 Å². The SMILES string of the molecule is CNC(=O)C(NC)c1cc(C)c(C)cc1OC. The fourth-order valence-corrected chi connectivity index (χ4v) is 1.79. The summed E-state index contributed by atoms with van der Waals surface area (Å²) in [4.78, 5) is 11.8. The number of likely N-dealkylation sites (N-methyl/N-ethyl adjacent to an activating group) is 2. The zero-order valence-electron chi connectivity index (χ0n) is 11.0. The van der Waals surface area contributed by atoms with Gasteiger partial charge in [0.15, 0.2) is 0 Å². The van der Waals surface area contributed by atoms with Crippen LogP contribution in [-0.2, 0) is 4.79 Å². The van der Waals surface area contributed by atoms with Crippen LogP contribution >= 0.6 is 0 Å². The topological polar surface area (TPSA) is 50.4 Å². The van der Waals surface area contributed by atoms with Gasteiger partial charge in [-0.2, -0.15) is 0 Å². The van der Waals surface area contributed by atoms with Crippen molar-refractivity contribution in [2.45, 2.75) is 19.9 Å². The van der Waals surface area contributed by atoms with Crippen LogP contribution in [0.3, 0.4) is 0 Å². The van der Waals surface area contributed by atoms with Crippen LogP contribution in [0.1, 0.15) is 22.7 Å². The molecule has 1 amide bonds. The molecule has 0 aliphatic rings. The van der Waals surface area contributed by atoms with Crippen molar-refractivity contribution in [2.75, 3.05) is 21.2 Å². The number of carbonyl (C=O) groups excluding carboxylic acids is 1. The van der Waals surface area contributed by atoms with Crippen LogP contribution in [0.5, 0.6) is 5.75 Å². The second-order valence-electron chi connectivity index (χ2n) is 4.01. The number of hydrogen-bond acceptors (Lipinski definition) is 3. The predicted octanol–water partition coefficient (Wildman–Crippen LogP) is 1.32. The fraction of sp³-hybridized carbons (Fsp3) is 0.462. The quantitative estimate of drug-likeness (QED) is 0.829. The summed E-state index contributed by atoms with van der Waals surface area (Å²) in [5.74, 6) is 0.658. The lowest BCUT2D eigenvalue weighted by Crippen LogP contribution is -2.34. The van der Waals surface area contributed by atoms with Gasteiger partial charge < -0.3 is 15.4 Å². The van der Waals surface area contributed by atoms with Gasteiger partial charge in [-0.15, -0.1) is 0 Å². The van der Waals surface area contributed by atoms with Crippen molar-refractivity contribution in [2.24, 2.45) is 0 Å². The van der Waals surface area contributed by atoms with E-state index in [0.717, 1.165) is 22.4 Å². The molecule has 94 valence electrons. The molecule has 0 spiro atoms. The first-order valence-corrected chi connectivity index (χ1v) is 5.59. The molecule has 0 heterocycles. The molecule has 17 heavy (non-hydrogen) atoms. The lowest BCUT2D eigenvalue weighted by atomic mass is 9.99. The number of aryl methyl sites for hydroxylation is 2. The van der Waals surface area contributed by atoms with Gasteiger partial charge in [-0.3, -0.25) is 4.79 Å². The summed E-state index contributed by atoms with van der Waals surface area (Å²) in [6.07, 6.45) is 0. The van der Waals surface area contributed by atoms with Gasteiger partial charge in [0.2, 0.25) is 5.91 Å². The highest BCUT2D eigenvalue weighted by Crippen LogP contribution is 2.28. The molecule has 0 aromatic heterocycles. The Morgan fingerprint density at radius 2 is 1.82 bits per heavy atom. The molecule has 1 aromatic rings. The lowest BCUT2D eigenvalue weighted by molar-refractivity contribution is -0.122. The Morgan fingerprint density at radius 3 is 2.29 bits per heavy atom. The van der Waals surface area contributed by atoms with Crippen LogP contribution in [0.2, 0.25) is 0 Å². The van der Waals surface area contributed by atoms with Crippen molar-refractivity contribution in [3.05, 3.63) is 28.8 Å². The Labute approximate surface area is 102 Å². The van der Waals surface area contributed by atoms with Crippen LogP contribution in [0.4, 0.5) is 0 Å². The fourth-order valence-electron chi connectivity index (χ4n) is 1.79. The molecule has 2 N–H and O–H groups in total. The first kappa shape index (κ1) is 13.5. The first-order chi connectivity index (χ1) is 8.04. The number of hydrogen-bond donors (Lipinski definition) is 2. The van der Waals surface area contributed by atoms with Crippen molar-refractivity contribution < 1.29 is 9.53 Å². The number of ether oxygens (including phenoxy) is 1. The third-order valence-corrected chi connectivity index (χ3v) is 2.95. The van der Waals surface area contributed by atoms with Gasteiger partial charge >= 0.3 is 0 Å². The van der Waals surface area contributed by atoms with Crippen molar-refractivity contribution in [1.82, 2.24) is 10.6 Å². The summed E-state index contributed by atoms with van der Waals surface area (Å²) in [6, 6.07) is 3.55. The normalized spacial score (nSPS) is 12.1. The van der Waals surface area contributed by atoms with E-state index >= 15 is 0 Å². The molecule has 0 saturated carbocycles. The summed E-state index contributed by atoms with van der Waals surface area (Å²) >= 11 is 0. The largest absolute Gasteiger partial charge is 0.496 e. The summed E-state index contributed by atoms with van der Waals surface area (Å²) < 4.78 is 5.34. The molecule has 0 radical (unpaired) electrons. The van der Waals surface area contributed by atoms with E-state index in [4.69, 9.17) is 4.74 Å². The smallest absolute Gasteiger partial charge is 0.241 e. The molecule has 4 heteroatoms. The number of carbonyl (C=O) groups is 1. The van der Waals surface area contributed by atoms with Gasteiger partial charge in [0, 0.05) is 12.6 Å². The Bertz CT molecular complexity index is 416. The third-order valence-electron chi connectivity index (χ3n) is 2.95. The second kappa shape index (κ2) is 5.68. The number of amides is 1. The zero-order chi connectivity index (χ0) is 13.0. The highest BCUT2D eigenvalue weighted by atomic mass is 16.5. The summed E-state index contributed by atoms with van der Waals surface area (Å²) in [6.45, 7) is 4.05. The van der Waals surface area contributed by atoms with E-state index in [1.54, 1.807) is 21.2 Å². The monoisotopic (exact) mass is 236 g/mol. The van der Waals surface area contributed by atoms with Crippen molar-refractivity contribution in [3.63, 3.8) is 0 Å². The number of nitrogens with one attached hydrogen (secondary N) is 2. The molecular weight excluding hydrogens is 216 g/mol. The van der Waals surface area contributed by atoms with E-state index < -0.39 is 6.04 Å². The lowest BCUT2D eigenvalue weighted by Gasteiger charge is -2.19. The van der Waals surface area contributed by atoms with E-state index in [2.05, 4.69) is 10.6 Å². The number of rotatable bonds is 4. The molecule has 0 saturated heterocycles. The van der Waals surface area contributed by atoms with Gasteiger partial charge in [-0.25, -0.2) is 0 Å². The molecule has 0 bridgehead atoms. The number of methoxy groups -OCH3 is 1. The first-order valence-electron chi connectivity index (χ1n) is 5.59. The minimum atomic E-state index is -0.394. The van der Waals surface area contributed by atoms with E-state index in [9.17, 15) is 4.79 Å². The number of benzene rings is 1. The van der Waals surface area contributed by atoms with Crippen molar-refractivity contribution >= 4 is 5.91 Å². The van der Waals surface area contributed by atoms with Crippen LogP contribution in [-0.4, -0.2) is 27.1 Å². The Morgan fingerprint density at radius 1 is 1.24 bits per heavy atom. The van der Waals surface area contributed by atoms with Gasteiger partial charge in [0.1, 0.15) is 11.8 Å². The van der Waals surface area contributed by atoms with E-state index in [1.807, 2.05) is 26.0 Å². The van der Waals surface area contributed by atoms with Gasteiger partial charge in [-0.1, -0.05) is 6.07 Å². The molecular formula is C13H20N2O2. The van der Waals surface area contributed by atoms with Gasteiger partial charge in [0.05, 0.1) is 7.11 Å². The maximum absolute atomic E-state index is 11.8. The molecule has 0 aliphatic heterocycles.